The van der Waals surface area contributed by atoms with Crippen molar-refractivity contribution >= 4 is 48.0 Å². The van der Waals surface area contributed by atoms with Crippen LogP contribution < -0.4 is 15.4 Å². The van der Waals surface area contributed by atoms with Gasteiger partial charge in [-0.05, 0) is 62.0 Å². The third kappa shape index (κ3) is 5.09. The van der Waals surface area contributed by atoms with Crippen molar-refractivity contribution in [3.8, 4) is 5.75 Å². The summed E-state index contributed by atoms with van der Waals surface area (Å²) in [5.41, 5.74) is 1.91. The molecule has 2 aliphatic rings. The van der Waals surface area contributed by atoms with Crippen LogP contribution in [0.5, 0.6) is 5.75 Å². The summed E-state index contributed by atoms with van der Waals surface area (Å²) in [5.74, 6) is 0.826. The minimum Gasteiger partial charge on any atom is -0.487 e. The van der Waals surface area contributed by atoms with Crippen LogP contribution in [0.25, 0.3) is 0 Å². The summed E-state index contributed by atoms with van der Waals surface area (Å²) in [4.78, 5) is 16.6. The van der Waals surface area contributed by atoms with Crippen LogP contribution in [0.1, 0.15) is 24.8 Å². The van der Waals surface area contributed by atoms with Crippen molar-refractivity contribution in [1.29, 1.82) is 0 Å². The van der Waals surface area contributed by atoms with E-state index in [1.165, 1.54) is 0 Å². The summed E-state index contributed by atoms with van der Waals surface area (Å²) in [6, 6.07) is 9.19. The zero-order valence-electron chi connectivity index (χ0n) is 15.3. The predicted molar refractivity (Wildman–Crippen MR) is 116 cm³/mol. The molecular weight excluding hydrogens is 421 g/mol. The molecule has 4 rings (SSSR count). The topological polar surface area (TPSA) is 63.2 Å². The number of halogens is 3. The first-order valence-corrected chi connectivity index (χ1v) is 9.37. The number of pyridine rings is 1. The maximum Gasteiger partial charge on any atom is 0.228 e. The molecule has 8 heteroatoms. The molecule has 2 aromatic rings. The lowest BCUT2D eigenvalue weighted by Crippen LogP contribution is -2.31. The van der Waals surface area contributed by atoms with Crippen LogP contribution in [-0.4, -0.2) is 24.0 Å². The Morgan fingerprint density at radius 3 is 2.75 bits per heavy atom. The molecule has 1 unspecified atom stereocenters. The van der Waals surface area contributed by atoms with Crippen molar-refractivity contribution in [2.24, 2.45) is 11.3 Å². The lowest BCUT2D eigenvalue weighted by atomic mass is 9.92. The van der Waals surface area contributed by atoms with Gasteiger partial charge in [0.1, 0.15) is 12.4 Å². The first-order chi connectivity index (χ1) is 12.7. The van der Waals surface area contributed by atoms with Gasteiger partial charge in [0.25, 0.3) is 0 Å². The van der Waals surface area contributed by atoms with Gasteiger partial charge in [0.15, 0.2) is 0 Å². The molecule has 1 saturated heterocycles. The van der Waals surface area contributed by atoms with E-state index in [0.29, 0.717) is 23.1 Å². The molecule has 152 valence electrons. The van der Waals surface area contributed by atoms with Crippen LogP contribution in [0.15, 0.2) is 42.7 Å². The van der Waals surface area contributed by atoms with E-state index >= 15 is 0 Å². The second kappa shape index (κ2) is 9.79. The fourth-order valence-electron chi connectivity index (χ4n) is 3.77. The molecule has 2 fully saturated rings. The molecule has 0 radical (unpaired) electrons. The Morgan fingerprint density at radius 1 is 1.29 bits per heavy atom. The van der Waals surface area contributed by atoms with Crippen LogP contribution in [0.3, 0.4) is 0 Å². The number of carbonyl (C=O) groups excluding carboxylic acids is 1. The first-order valence-electron chi connectivity index (χ1n) is 8.99. The Kier molecular flexibility index (Phi) is 7.96. The Morgan fingerprint density at radius 2 is 2.07 bits per heavy atom. The Bertz CT molecular complexity index is 799. The molecule has 1 aliphatic heterocycles. The van der Waals surface area contributed by atoms with Gasteiger partial charge >= 0.3 is 0 Å². The van der Waals surface area contributed by atoms with E-state index in [-0.39, 0.29) is 42.1 Å². The van der Waals surface area contributed by atoms with Crippen LogP contribution in [-0.2, 0) is 11.4 Å². The summed E-state index contributed by atoms with van der Waals surface area (Å²) in [6.07, 6.45) is 6.66. The van der Waals surface area contributed by atoms with Gasteiger partial charge < -0.3 is 15.4 Å². The van der Waals surface area contributed by atoms with E-state index in [0.717, 1.165) is 37.9 Å². The number of amides is 1. The summed E-state index contributed by atoms with van der Waals surface area (Å²) < 4.78 is 5.74. The number of rotatable bonds is 5. The smallest absolute Gasteiger partial charge is 0.228 e. The van der Waals surface area contributed by atoms with Gasteiger partial charge in [0.05, 0.1) is 5.02 Å². The lowest BCUT2D eigenvalue weighted by molar-refractivity contribution is -0.118. The maximum atomic E-state index is 12.5. The Hall–Kier alpha value is -1.53. The molecule has 1 aliphatic carbocycles. The molecule has 5 nitrogen and oxygen atoms in total. The predicted octanol–water partition coefficient (Wildman–Crippen LogP) is 4.49. The fourth-order valence-corrected chi connectivity index (χ4v) is 4.00. The third-order valence-corrected chi connectivity index (χ3v) is 5.72. The highest BCUT2D eigenvalue weighted by Gasteiger charge is 2.57. The van der Waals surface area contributed by atoms with Gasteiger partial charge in [-0.25, -0.2) is 0 Å². The van der Waals surface area contributed by atoms with E-state index in [9.17, 15) is 4.79 Å². The molecule has 28 heavy (non-hydrogen) atoms. The van der Waals surface area contributed by atoms with Crippen molar-refractivity contribution in [2.75, 3.05) is 18.4 Å². The van der Waals surface area contributed by atoms with Crippen LogP contribution in [0, 0.1) is 11.3 Å². The zero-order chi connectivity index (χ0) is 18.0. The number of nitrogens with zero attached hydrogens (tertiary/aromatic N) is 1. The molecular formula is C20H24Cl3N3O2. The van der Waals surface area contributed by atoms with Gasteiger partial charge in [-0.3, -0.25) is 9.78 Å². The molecule has 1 atom stereocenters. The minimum atomic E-state index is 0. The average molecular weight is 445 g/mol. The van der Waals surface area contributed by atoms with Gasteiger partial charge in [-0.15, -0.1) is 24.8 Å². The number of piperidine rings is 1. The van der Waals surface area contributed by atoms with Gasteiger partial charge in [-0.2, -0.15) is 0 Å². The number of carbonyl (C=O) groups is 1. The van der Waals surface area contributed by atoms with E-state index < -0.39 is 0 Å². The van der Waals surface area contributed by atoms with E-state index in [2.05, 4.69) is 15.6 Å². The molecule has 1 aromatic heterocycles. The van der Waals surface area contributed by atoms with Crippen molar-refractivity contribution in [1.82, 2.24) is 10.3 Å². The quantitative estimate of drug-likeness (QED) is 0.713. The zero-order valence-corrected chi connectivity index (χ0v) is 17.7. The average Bonchev–Trinajstić information content (AvgIpc) is 3.35. The molecule has 1 amide bonds. The minimum absolute atomic E-state index is 0. The van der Waals surface area contributed by atoms with Crippen molar-refractivity contribution < 1.29 is 9.53 Å². The molecule has 0 bridgehead atoms. The number of benzene rings is 1. The highest BCUT2D eigenvalue weighted by atomic mass is 35.5. The number of aromatic nitrogens is 1. The van der Waals surface area contributed by atoms with Crippen LogP contribution in [0.2, 0.25) is 5.02 Å². The lowest BCUT2D eigenvalue weighted by Gasteiger charge is -2.23. The normalized spacial score (nSPS) is 19.1. The van der Waals surface area contributed by atoms with E-state index in [4.69, 9.17) is 16.3 Å². The van der Waals surface area contributed by atoms with Crippen molar-refractivity contribution in [2.45, 2.75) is 25.9 Å². The van der Waals surface area contributed by atoms with Crippen LogP contribution >= 0.6 is 36.4 Å². The Labute approximate surface area is 182 Å². The summed E-state index contributed by atoms with van der Waals surface area (Å²) in [7, 11) is 0. The number of ether oxygens (including phenoxy) is 1. The highest BCUT2D eigenvalue weighted by Crippen LogP contribution is 2.58. The number of anilines is 1. The van der Waals surface area contributed by atoms with E-state index in [1.54, 1.807) is 24.5 Å². The summed E-state index contributed by atoms with van der Waals surface area (Å²) >= 11 is 6.32. The Balaban J connectivity index is 0.00000140. The standard InChI is InChI=1S/C20H22ClN3O2.2ClH/c21-17-10-15(3-4-18(17)26-13-14-2-1-7-23-12-14)24-19(25)16-11-20(16)5-8-22-9-6-20;;/h1-4,7,10,12,16,22H,5-6,8-9,11,13H2,(H,24,25);2*1H. The highest BCUT2D eigenvalue weighted by molar-refractivity contribution is 6.32. The van der Waals surface area contributed by atoms with Crippen LogP contribution in [0.4, 0.5) is 5.69 Å². The second-order valence-corrected chi connectivity index (χ2v) is 7.56. The number of hydrogen-bond acceptors (Lipinski definition) is 4. The fraction of sp³-hybridized carbons (Fsp3) is 0.400. The monoisotopic (exact) mass is 443 g/mol. The van der Waals surface area contributed by atoms with Crippen molar-refractivity contribution in [3.05, 3.63) is 53.3 Å². The molecule has 1 spiro atoms. The molecule has 1 saturated carbocycles. The summed E-state index contributed by atoms with van der Waals surface area (Å²) in [6.45, 7) is 2.43. The maximum absolute atomic E-state index is 12.5. The van der Waals surface area contributed by atoms with E-state index in [1.807, 2.05) is 18.2 Å². The van der Waals surface area contributed by atoms with Crippen molar-refractivity contribution in [3.63, 3.8) is 0 Å². The molecule has 2 N–H and O–H groups in total. The molecule has 1 aromatic carbocycles. The first kappa shape index (κ1) is 22.8. The van der Waals surface area contributed by atoms with Gasteiger partial charge in [0.2, 0.25) is 5.91 Å². The third-order valence-electron chi connectivity index (χ3n) is 5.42. The summed E-state index contributed by atoms with van der Waals surface area (Å²) in [5, 5.41) is 6.85. The number of hydrogen-bond donors (Lipinski definition) is 2. The van der Waals surface area contributed by atoms with Gasteiger partial charge in [-0.1, -0.05) is 17.7 Å². The largest absolute Gasteiger partial charge is 0.487 e. The second-order valence-electron chi connectivity index (χ2n) is 7.15. The SMILES string of the molecule is Cl.Cl.O=C(Nc1ccc(OCc2cccnc2)c(Cl)c1)C1CC12CCNCC2. The van der Waals surface area contributed by atoms with Gasteiger partial charge in [0, 0.05) is 29.6 Å². The molecule has 2 heterocycles. The number of nitrogens with one attached hydrogen (secondary N) is 2.